The van der Waals surface area contributed by atoms with Crippen molar-refractivity contribution in [3.05, 3.63) is 24.2 Å². The van der Waals surface area contributed by atoms with Crippen molar-refractivity contribution in [3.63, 3.8) is 0 Å². The van der Waals surface area contributed by atoms with Crippen molar-refractivity contribution in [3.8, 4) is 0 Å². The Labute approximate surface area is 73.0 Å². The van der Waals surface area contributed by atoms with Crippen LogP contribution in [0.5, 0.6) is 0 Å². The Kier molecular flexibility index (Phi) is 2.17. The smallest absolute Gasteiger partial charge is 0.0950 e. The van der Waals surface area contributed by atoms with Crippen LogP contribution in [0.3, 0.4) is 0 Å². The van der Waals surface area contributed by atoms with Crippen LogP contribution < -0.4 is 5.32 Å². The van der Waals surface area contributed by atoms with Gasteiger partial charge in [-0.05, 0) is 31.9 Å². The molecule has 1 unspecified atom stereocenters. The minimum absolute atomic E-state index is 0.512. The zero-order valence-corrected chi connectivity index (χ0v) is 7.42. The van der Waals surface area contributed by atoms with Crippen molar-refractivity contribution >= 4 is 0 Å². The van der Waals surface area contributed by atoms with Gasteiger partial charge in [0.15, 0.2) is 0 Å². The highest BCUT2D eigenvalue weighted by atomic mass is 16.3. The second-order valence-corrected chi connectivity index (χ2v) is 3.51. The SMILES string of the molecule is CNC(c1ccoc1)C1CCC1. The third kappa shape index (κ3) is 1.27. The molecule has 0 bridgehead atoms. The fourth-order valence-corrected chi connectivity index (χ4v) is 1.90. The molecular formula is C10H15NO. The lowest BCUT2D eigenvalue weighted by Gasteiger charge is -2.32. The van der Waals surface area contributed by atoms with Gasteiger partial charge in [-0.15, -0.1) is 0 Å². The molecule has 0 saturated heterocycles. The molecule has 0 radical (unpaired) electrons. The van der Waals surface area contributed by atoms with E-state index in [0.29, 0.717) is 6.04 Å². The molecule has 1 aromatic rings. The molecule has 2 nitrogen and oxygen atoms in total. The van der Waals surface area contributed by atoms with E-state index < -0.39 is 0 Å². The van der Waals surface area contributed by atoms with Gasteiger partial charge in [0.2, 0.25) is 0 Å². The largest absolute Gasteiger partial charge is 0.472 e. The molecule has 1 aliphatic rings. The molecule has 1 fully saturated rings. The van der Waals surface area contributed by atoms with Crippen LogP contribution in [0.25, 0.3) is 0 Å². The van der Waals surface area contributed by atoms with Gasteiger partial charge in [0, 0.05) is 11.6 Å². The van der Waals surface area contributed by atoms with E-state index in [-0.39, 0.29) is 0 Å². The summed E-state index contributed by atoms with van der Waals surface area (Å²) in [6, 6.07) is 2.57. The summed E-state index contributed by atoms with van der Waals surface area (Å²) in [4.78, 5) is 0. The topological polar surface area (TPSA) is 25.2 Å². The lowest BCUT2D eigenvalue weighted by atomic mass is 9.78. The maximum absolute atomic E-state index is 5.08. The zero-order chi connectivity index (χ0) is 8.39. The van der Waals surface area contributed by atoms with E-state index in [4.69, 9.17) is 4.42 Å². The standard InChI is InChI=1S/C10H15NO/c1-11-10(8-3-2-4-8)9-5-6-12-7-9/h5-8,10-11H,2-4H2,1H3. The van der Waals surface area contributed by atoms with Crippen LogP contribution in [0.2, 0.25) is 0 Å². The summed E-state index contributed by atoms with van der Waals surface area (Å²) >= 11 is 0. The summed E-state index contributed by atoms with van der Waals surface area (Å²) < 4.78 is 5.08. The average molecular weight is 165 g/mol. The zero-order valence-electron chi connectivity index (χ0n) is 7.42. The second-order valence-electron chi connectivity index (χ2n) is 3.51. The van der Waals surface area contributed by atoms with Gasteiger partial charge in [0.1, 0.15) is 0 Å². The molecule has 1 atom stereocenters. The molecule has 1 saturated carbocycles. The summed E-state index contributed by atoms with van der Waals surface area (Å²) in [5.74, 6) is 0.826. The molecule has 0 aliphatic heterocycles. The molecule has 1 heterocycles. The highest BCUT2D eigenvalue weighted by Crippen LogP contribution is 2.37. The Bertz CT molecular complexity index is 226. The average Bonchev–Trinajstić information content (AvgIpc) is 2.47. The lowest BCUT2D eigenvalue weighted by Crippen LogP contribution is -2.29. The van der Waals surface area contributed by atoms with E-state index >= 15 is 0 Å². The van der Waals surface area contributed by atoms with E-state index in [0.717, 1.165) is 5.92 Å². The fraction of sp³-hybridized carbons (Fsp3) is 0.600. The van der Waals surface area contributed by atoms with Gasteiger partial charge >= 0.3 is 0 Å². The minimum atomic E-state index is 0.512. The first-order valence-corrected chi connectivity index (χ1v) is 4.61. The highest BCUT2D eigenvalue weighted by molar-refractivity contribution is 5.13. The van der Waals surface area contributed by atoms with Gasteiger partial charge in [-0.1, -0.05) is 6.42 Å². The van der Waals surface area contributed by atoms with Gasteiger partial charge in [-0.25, -0.2) is 0 Å². The van der Waals surface area contributed by atoms with Gasteiger partial charge in [-0.3, -0.25) is 0 Å². The molecular weight excluding hydrogens is 150 g/mol. The monoisotopic (exact) mass is 165 g/mol. The van der Waals surface area contributed by atoms with Crippen LogP contribution in [0.4, 0.5) is 0 Å². The Balaban J connectivity index is 2.07. The lowest BCUT2D eigenvalue weighted by molar-refractivity contribution is 0.238. The van der Waals surface area contributed by atoms with Gasteiger partial charge in [-0.2, -0.15) is 0 Å². The van der Waals surface area contributed by atoms with Crippen LogP contribution in [0.1, 0.15) is 30.9 Å². The molecule has 2 rings (SSSR count). The molecule has 0 amide bonds. The van der Waals surface area contributed by atoms with Crippen LogP contribution in [-0.4, -0.2) is 7.05 Å². The van der Waals surface area contributed by atoms with Crippen LogP contribution in [0.15, 0.2) is 23.0 Å². The van der Waals surface area contributed by atoms with E-state index in [1.165, 1.54) is 24.8 Å². The Morgan fingerprint density at radius 2 is 2.42 bits per heavy atom. The van der Waals surface area contributed by atoms with Crippen molar-refractivity contribution in [2.24, 2.45) is 5.92 Å². The summed E-state index contributed by atoms with van der Waals surface area (Å²) in [5, 5.41) is 3.35. The van der Waals surface area contributed by atoms with Crippen molar-refractivity contribution in [2.75, 3.05) is 7.05 Å². The van der Waals surface area contributed by atoms with Crippen molar-refractivity contribution in [2.45, 2.75) is 25.3 Å². The van der Waals surface area contributed by atoms with Crippen LogP contribution >= 0.6 is 0 Å². The predicted octanol–water partition coefficient (Wildman–Crippen LogP) is 2.34. The van der Waals surface area contributed by atoms with Crippen LogP contribution in [0, 0.1) is 5.92 Å². The Morgan fingerprint density at radius 1 is 1.58 bits per heavy atom. The fourth-order valence-electron chi connectivity index (χ4n) is 1.90. The van der Waals surface area contributed by atoms with Crippen molar-refractivity contribution in [1.82, 2.24) is 5.32 Å². The molecule has 1 N–H and O–H groups in total. The normalized spacial score (nSPS) is 20.4. The van der Waals surface area contributed by atoms with Gasteiger partial charge < -0.3 is 9.73 Å². The highest BCUT2D eigenvalue weighted by Gasteiger charge is 2.27. The summed E-state index contributed by atoms with van der Waals surface area (Å²) in [6.45, 7) is 0. The molecule has 1 aromatic heterocycles. The predicted molar refractivity (Wildman–Crippen MR) is 47.8 cm³/mol. The number of hydrogen-bond acceptors (Lipinski definition) is 2. The quantitative estimate of drug-likeness (QED) is 0.743. The van der Waals surface area contributed by atoms with Gasteiger partial charge in [0.05, 0.1) is 12.5 Å². The third-order valence-corrected chi connectivity index (χ3v) is 2.83. The summed E-state index contributed by atoms with van der Waals surface area (Å²) in [7, 11) is 2.02. The number of rotatable bonds is 3. The van der Waals surface area contributed by atoms with E-state index in [2.05, 4.69) is 11.4 Å². The van der Waals surface area contributed by atoms with Crippen molar-refractivity contribution < 1.29 is 4.42 Å². The van der Waals surface area contributed by atoms with Crippen molar-refractivity contribution in [1.29, 1.82) is 0 Å². The first-order valence-electron chi connectivity index (χ1n) is 4.61. The van der Waals surface area contributed by atoms with E-state index in [1.807, 2.05) is 13.3 Å². The first kappa shape index (κ1) is 7.87. The Hall–Kier alpha value is -0.760. The van der Waals surface area contributed by atoms with Crippen LogP contribution in [-0.2, 0) is 0 Å². The molecule has 0 aromatic carbocycles. The maximum Gasteiger partial charge on any atom is 0.0950 e. The molecule has 2 heteroatoms. The third-order valence-electron chi connectivity index (χ3n) is 2.83. The molecule has 0 spiro atoms. The Morgan fingerprint density at radius 3 is 2.83 bits per heavy atom. The number of nitrogens with one attached hydrogen (secondary N) is 1. The van der Waals surface area contributed by atoms with Gasteiger partial charge in [0.25, 0.3) is 0 Å². The summed E-state index contributed by atoms with van der Waals surface area (Å²) in [6.07, 6.45) is 7.70. The maximum atomic E-state index is 5.08. The molecule has 66 valence electrons. The van der Waals surface area contributed by atoms with E-state index in [1.54, 1.807) is 6.26 Å². The number of hydrogen-bond donors (Lipinski definition) is 1. The summed E-state index contributed by atoms with van der Waals surface area (Å²) in [5.41, 5.74) is 1.29. The minimum Gasteiger partial charge on any atom is -0.472 e. The molecule has 12 heavy (non-hydrogen) atoms. The number of furan rings is 1. The molecule has 1 aliphatic carbocycles. The van der Waals surface area contributed by atoms with E-state index in [9.17, 15) is 0 Å². The second kappa shape index (κ2) is 3.31. The first-order chi connectivity index (χ1) is 5.92.